The Hall–Kier alpha value is -4.60. The smallest absolute Gasteiger partial charge is 0.220 e. The van der Waals surface area contributed by atoms with Gasteiger partial charge in [-0.05, 0) is 66.3 Å². The van der Waals surface area contributed by atoms with E-state index >= 15 is 0 Å². The molecule has 1 aliphatic carbocycles. The van der Waals surface area contributed by atoms with Crippen LogP contribution in [0, 0.1) is 0 Å². The fourth-order valence-electron chi connectivity index (χ4n) is 5.11. The van der Waals surface area contributed by atoms with Gasteiger partial charge in [0.05, 0.1) is 45.3 Å². The van der Waals surface area contributed by atoms with Crippen molar-refractivity contribution in [3.63, 3.8) is 0 Å². The molecule has 1 unspecified atom stereocenters. The first-order valence-corrected chi connectivity index (χ1v) is 13.5. The summed E-state index contributed by atoms with van der Waals surface area (Å²) in [5, 5.41) is 9.05. The lowest BCUT2D eigenvalue weighted by Crippen LogP contribution is -2.26. The van der Waals surface area contributed by atoms with E-state index in [1.54, 1.807) is 39.7 Å². The van der Waals surface area contributed by atoms with Crippen molar-refractivity contribution in [2.45, 2.75) is 45.2 Å². The van der Waals surface area contributed by atoms with E-state index in [9.17, 15) is 14.4 Å². The molecule has 1 aliphatic rings. The van der Waals surface area contributed by atoms with E-state index in [1.165, 1.54) is 6.92 Å². The average molecular weight is 561 g/mol. The Balaban J connectivity index is 1.60. The molecule has 0 spiro atoms. The fourth-order valence-corrected chi connectivity index (χ4v) is 5.11. The van der Waals surface area contributed by atoms with E-state index in [2.05, 4.69) is 20.9 Å². The van der Waals surface area contributed by atoms with Gasteiger partial charge in [-0.25, -0.2) is 0 Å². The molecule has 1 aromatic heterocycles. The summed E-state index contributed by atoms with van der Waals surface area (Å²) in [5.74, 6) is 1.21. The van der Waals surface area contributed by atoms with E-state index < -0.39 is 0 Å². The second-order valence-electron chi connectivity index (χ2n) is 9.72. The molecular formula is C31H36N4O6. The molecule has 0 fully saturated rings. The molecule has 1 atom stereocenters. The van der Waals surface area contributed by atoms with Gasteiger partial charge in [0, 0.05) is 31.6 Å². The highest BCUT2D eigenvalue weighted by Gasteiger charge is 2.29. The third-order valence-corrected chi connectivity index (χ3v) is 7.00. The van der Waals surface area contributed by atoms with Crippen LogP contribution < -0.4 is 35.6 Å². The molecule has 0 aliphatic heterocycles. The average Bonchev–Trinajstić information content (AvgIpc) is 3.22. The maximum Gasteiger partial charge on any atom is 0.220 e. The number of carbonyl (C=O) groups is 2. The molecule has 41 heavy (non-hydrogen) atoms. The minimum atomic E-state index is -0.382. The van der Waals surface area contributed by atoms with E-state index in [-0.39, 0.29) is 23.3 Å². The van der Waals surface area contributed by atoms with Crippen LogP contribution in [0.3, 0.4) is 0 Å². The van der Waals surface area contributed by atoms with E-state index in [0.717, 1.165) is 22.4 Å². The van der Waals surface area contributed by atoms with Gasteiger partial charge >= 0.3 is 0 Å². The van der Waals surface area contributed by atoms with Crippen LogP contribution in [-0.4, -0.2) is 44.7 Å². The Bertz CT molecular complexity index is 1460. The molecule has 4 rings (SSSR count). The monoisotopic (exact) mass is 560 g/mol. The maximum atomic E-state index is 13.4. The molecule has 216 valence electrons. The molecule has 2 aromatic carbocycles. The largest absolute Gasteiger partial charge is 0.493 e. The summed E-state index contributed by atoms with van der Waals surface area (Å²) < 4.78 is 17.0. The van der Waals surface area contributed by atoms with Crippen LogP contribution in [0.1, 0.15) is 49.0 Å². The highest BCUT2D eigenvalue weighted by atomic mass is 16.5. The van der Waals surface area contributed by atoms with Gasteiger partial charge in [0.1, 0.15) is 0 Å². The predicted molar refractivity (Wildman–Crippen MR) is 156 cm³/mol. The molecule has 3 aromatic rings. The van der Waals surface area contributed by atoms with E-state index in [4.69, 9.17) is 14.2 Å². The number of fused-ring (bicyclic) bond motifs is 3. The standard InChI is InChI=1S/C31H36N4O6/c1-19(36)35-24-12-10-20-16-27(39-2)30(40-3)31(41-4)29(20)22-11-13-25(26(37)17-23(22)24)33-15-7-9-28(38)34-18-21-8-5-6-14-32-21/h5-6,8,11,13-14,16-17,24H,7,9-10,12,15,18H2,1-4H3,(H,33,37)(H,34,38)(H,35,36). The summed E-state index contributed by atoms with van der Waals surface area (Å²) in [5.41, 5.74) is 4.17. The second-order valence-corrected chi connectivity index (χ2v) is 9.72. The third-order valence-electron chi connectivity index (χ3n) is 7.00. The van der Waals surface area contributed by atoms with Crippen LogP contribution in [0.5, 0.6) is 17.2 Å². The van der Waals surface area contributed by atoms with Crippen LogP contribution in [0.4, 0.5) is 5.69 Å². The van der Waals surface area contributed by atoms with Crippen molar-refractivity contribution in [3.8, 4) is 28.4 Å². The summed E-state index contributed by atoms with van der Waals surface area (Å²) in [7, 11) is 4.68. The number of ether oxygens (including phenoxy) is 3. The lowest BCUT2D eigenvalue weighted by molar-refractivity contribution is -0.121. The number of carbonyl (C=O) groups excluding carboxylic acids is 2. The van der Waals surface area contributed by atoms with Crippen molar-refractivity contribution < 1.29 is 23.8 Å². The molecule has 0 radical (unpaired) electrons. The Morgan fingerprint density at radius 3 is 2.51 bits per heavy atom. The van der Waals surface area contributed by atoms with Crippen molar-refractivity contribution >= 4 is 17.5 Å². The van der Waals surface area contributed by atoms with Gasteiger partial charge in [-0.1, -0.05) is 12.1 Å². The highest BCUT2D eigenvalue weighted by Crippen LogP contribution is 2.50. The van der Waals surface area contributed by atoms with Gasteiger partial charge in [0.25, 0.3) is 0 Å². The molecule has 1 heterocycles. The second kappa shape index (κ2) is 13.6. The first-order valence-electron chi connectivity index (χ1n) is 13.5. The molecule has 0 bridgehead atoms. The van der Waals surface area contributed by atoms with Crippen LogP contribution in [0.2, 0.25) is 0 Å². The maximum absolute atomic E-state index is 13.4. The van der Waals surface area contributed by atoms with Gasteiger partial charge in [-0.3, -0.25) is 19.4 Å². The summed E-state index contributed by atoms with van der Waals surface area (Å²) in [6, 6.07) is 12.3. The number of hydrogen-bond acceptors (Lipinski definition) is 8. The Morgan fingerprint density at radius 1 is 1.02 bits per heavy atom. The number of nitrogens with zero attached hydrogens (tertiary/aromatic N) is 1. The number of anilines is 1. The summed E-state index contributed by atoms with van der Waals surface area (Å²) >= 11 is 0. The van der Waals surface area contributed by atoms with Gasteiger partial charge < -0.3 is 30.2 Å². The van der Waals surface area contributed by atoms with Crippen molar-refractivity contribution in [1.82, 2.24) is 15.6 Å². The number of aromatic nitrogens is 1. The highest BCUT2D eigenvalue weighted by molar-refractivity contribution is 5.83. The normalized spacial score (nSPS) is 13.6. The van der Waals surface area contributed by atoms with Crippen LogP contribution in [-0.2, 0) is 22.6 Å². The SMILES string of the molecule is COc1cc2c(c(OC)c1OC)-c1ccc(NCCCC(=O)NCc3ccccn3)c(=O)cc1C(NC(C)=O)CC2. The fraction of sp³-hybridized carbons (Fsp3) is 0.355. The molecule has 3 N–H and O–H groups in total. The van der Waals surface area contributed by atoms with Gasteiger partial charge in [0.15, 0.2) is 11.5 Å². The van der Waals surface area contributed by atoms with Gasteiger partial charge in [-0.15, -0.1) is 0 Å². The number of benzene rings is 1. The molecular weight excluding hydrogens is 524 g/mol. The number of nitrogens with one attached hydrogen (secondary N) is 3. The molecule has 0 saturated heterocycles. The third kappa shape index (κ3) is 6.95. The Kier molecular flexibility index (Phi) is 9.78. The van der Waals surface area contributed by atoms with Crippen molar-refractivity contribution in [1.29, 1.82) is 0 Å². The van der Waals surface area contributed by atoms with Crippen LogP contribution in [0.15, 0.2) is 53.5 Å². The van der Waals surface area contributed by atoms with E-state index in [1.807, 2.05) is 30.3 Å². The topological polar surface area (TPSA) is 128 Å². The summed E-state index contributed by atoms with van der Waals surface area (Å²) in [6.45, 7) is 2.26. The number of aryl methyl sites for hydroxylation is 1. The first kappa shape index (κ1) is 29.4. The first-order chi connectivity index (χ1) is 19.9. The zero-order valence-corrected chi connectivity index (χ0v) is 23.8. The van der Waals surface area contributed by atoms with Crippen molar-refractivity contribution in [3.05, 3.63) is 75.7 Å². The quantitative estimate of drug-likeness (QED) is 0.303. The summed E-state index contributed by atoms with van der Waals surface area (Å²) in [6.07, 6.45) is 3.73. The zero-order chi connectivity index (χ0) is 29.4. The number of hydrogen-bond donors (Lipinski definition) is 3. The minimum absolute atomic E-state index is 0.0867. The lowest BCUT2D eigenvalue weighted by atomic mass is 9.95. The Labute approximate surface area is 239 Å². The van der Waals surface area contributed by atoms with Gasteiger partial charge in [0.2, 0.25) is 23.0 Å². The van der Waals surface area contributed by atoms with Gasteiger partial charge in [-0.2, -0.15) is 0 Å². The lowest BCUT2D eigenvalue weighted by Gasteiger charge is -2.19. The molecule has 10 heteroatoms. The number of amides is 2. The number of methoxy groups -OCH3 is 3. The molecule has 10 nitrogen and oxygen atoms in total. The van der Waals surface area contributed by atoms with E-state index in [0.29, 0.717) is 67.3 Å². The summed E-state index contributed by atoms with van der Waals surface area (Å²) in [4.78, 5) is 41.9. The van der Waals surface area contributed by atoms with Crippen LogP contribution in [0.25, 0.3) is 11.1 Å². The Morgan fingerprint density at radius 2 is 1.83 bits per heavy atom. The van der Waals surface area contributed by atoms with Crippen molar-refractivity contribution in [2.24, 2.45) is 0 Å². The zero-order valence-electron chi connectivity index (χ0n) is 23.8. The molecule has 0 saturated carbocycles. The minimum Gasteiger partial charge on any atom is -0.493 e. The van der Waals surface area contributed by atoms with Crippen LogP contribution >= 0.6 is 0 Å². The number of rotatable bonds is 11. The molecule has 2 amide bonds. The number of pyridine rings is 1. The van der Waals surface area contributed by atoms with Crippen molar-refractivity contribution in [2.75, 3.05) is 33.2 Å². The predicted octanol–water partition coefficient (Wildman–Crippen LogP) is 3.77.